The normalized spacial score (nSPS) is 23.1. The molecule has 30 heavy (non-hydrogen) atoms. The number of aliphatic imine (C=N–C) groups is 1. The number of hydrogen-bond donors (Lipinski definition) is 1. The molecule has 3 heterocycles. The summed E-state index contributed by atoms with van der Waals surface area (Å²) in [6.07, 6.45) is 4.72. The van der Waals surface area contributed by atoms with Crippen LogP contribution in [0.2, 0.25) is 0 Å². The summed E-state index contributed by atoms with van der Waals surface area (Å²) in [6, 6.07) is 8.53. The maximum absolute atomic E-state index is 13.1. The van der Waals surface area contributed by atoms with E-state index in [1.807, 2.05) is 35.2 Å². The van der Waals surface area contributed by atoms with Crippen molar-refractivity contribution in [1.29, 1.82) is 0 Å². The second-order valence-corrected chi connectivity index (χ2v) is 8.23. The number of nitrogens with zero attached hydrogens (tertiary/aromatic N) is 4. The van der Waals surface area contributed by atoms with E-state index in [1.165, 1.54) is 11.4 Å². The Morgan fingerprint density at radius 2 is 1.63 bits per heavy atom. The molecule has 0 aromatic heterocycles. The van der Waals surface area contributed by atoms with E-state index in [1.54, 1.807) is 11.8 Å². The van der Waals surface area contributed by atoms with Gasteiger partial charge in [-0.25, -0.2) is 10.0 Å². The summed E-state index contributed by atoms with van der Waals surface area (Å²) in [7, 11) is 0. The van der Waals surface area contributed by atoms with Gasteiger partial charge in [0.1, 0.15) is 6.04 Å². The van der Waals surface area contributed by atoms with E-state index >= 15 is 0 Å². The van der Waals surface area contributed by atoms with Gasteiger partial charge in [-0.2, -0.15) is 0 Å². The van der Waals surface area contributed by atoms with Crippen molar-refractivity contribution in [2.24, 2.45) is 10.9 Å². The number of hydrazine groups is 1. The Kier molecular flexibility index (Phi) is 6.01. The van der Waals surface area contributed by atoms with Gasteiger partial charge in [0.05, 0.1) is 5.69 Å². The van der Waals surface area contributed by atoms with Gasteiger partial charge < -0.3 is 9.80 Å². The molecule has 3 amide bonds. The third kappa shape index (κ3) is 4.17. The predicted octanol–water partition coefficient (Wildman–Crippen LogP) is 1.58. The van der Waals surface area contributed by atoms with Crippen molar-refractivity contribution in [2.45, 2.75) is 45.1 Å². The quantitative estimate of drug-likeness (QED) is 0.818. The Balaban J connectivity index is 1.38. The molecular formula is C22H29N5O3. The molecule has 1 N–H and O–H groups in total. The predicted molar refractivity (Wildman–Crippen MR) is 114 cm³/mol. The number of carbonyl (C=O) groups excluding carboxylic acids is 3. The van der Waals surface area contributed by atoms with E-state index in [2.05, 4.69) is 10.4 Å². The van der Waals surface area contributed by atoms with Gasteiger partial charge >= 0.3 is 0 Å². The van der Waals surface area contributed by atoms with Crippen molar-refractivity contribution < 1.29 is 14.4 Å². The van der Waals surface area contributed by atoms with Crippen molar-refractivity contribution in [3.63, 3.8) is 0 Å². The molecule has 1 unspecified atom stereocenters. The van der Waals surface area contributed by atoms with Crippen LogP contribution in [-0.4, -0.2) is 65.6 Å². The highest BCUT2D eigenvalue weighted by molar-refractivity contribution is 6.39. The second kappa shape index (κ2) is 8.85. The second-order valence-electron chi connectivity index (χ2n) is 8.23. The molecule has 8 heteroatoms. The number of nitrogens with one attached hydrogen (secondary N) is 1. The average Bonchev–Trinajstić information content (AvgIpc) is 2.81. The zero-order valence-electron chi connectivity index (χ0n) is 17.4. The van der Waals surface area contributed by atoms with Crippen LogP contribution >= 0.6 is 0 Å². The van der Waals surface area contributed by atoms with Crippen LogP contribution < -0.4 is 10.4 Å². The molecule has 1 aromatic carbocycles. The number of amides is 3. The number of carbonyl (C=O) groups is 3. The van der Waals surface area contributed by atoms with Crippen LogP contribution in [0.3, 0.4) is 0 Å². The molecule has 4 rings (SSSR count). The van der Waals surface area contributed by atoms with Gasteiger partial charge in [-0.05, 0) is 51.2 Å². The molecule has 0 aliphatic carbocycles. The van der Waals surface area contributed by atoms with Gasteiger partial charge in [-0.1, -0.05) is 18.2 Å². The fourth-order valence-corrected chi connectivity index (χ4v) is 4.35. The van der Waals surface area contributed by atoms with Crippen molar-refractivity contribution in [1.82, 2.24) is 15.2 Å². The molecule has 0 spiro atoms. The topological polar surface area (TPSA) is 85.3 Å². The van der Waals surface area contributed by atoms with Gasteiger partial charge in [0, 0.05) is 32.1 Å². The Bertz CT molecular complexity index is 826. The van der Waals surface area contributed by atoms with Crippen LogP contribution in [0.25, 0.3) is 0 Å². The van der Waals surface area contributed by atoms with Gasteiger partial charge in [0.25, 0.3) is 11.8 Å². The number of amidine groups is 1. The zero-order valence-corrected chi connectivity index (χ0v) is 17.4. The highest BCUT2D eigenvalue weighted by atomic mass is 16.2. The maximum Gasteiger partial charge on any atom is 0.290 e. The highest BCUT2D eigenvalue weighted by Gasteiger charge is 2.35. The first-order valence-electron chi connectivity index (χ1n) is 10.9. The van der Waals surface area contributed by atoms with Crippen LogP contribution in [-0.2, 0) is 14.4 Å². The lowest BCUT2D eigenvalue weighted by molar-refractivity contribution is -0.139. The first-order chi connectivity index (χ1) is 14.5. The minimum absolute atomic E-state index is 0.00489. The standard InChI is InChI=1S/C22H29N5O3/c1-16-20(28)27(18-8-4-2-5-9-18)24-19(23-16)22(30)26-14-10-17(11-15-26)21(29)25-12-6-3-7-13-25/h2,4-5,8-9,16-17H,3,6-7,10-15H2,1H3,(H,23,24). The first-order valence-corrected chi connectivity index (χ1v) is 10.9. The van der Waals surface area contributed by atoms with E-state index in [-0.39, 0.29) is 29.5 Å². The molecule has 0 saturated carbocycles. The number of likely N-dealkylation sites (tertiary alicyclic amines) is 2. The lowest BCUT2D eigenvalue weighted by atomic mass is 9.94. The van der Waals surface area contributed by atoms with Crippen molar-refractivity contribution in [3.05, 3.63) is 30.3 Å². The smallest absolute Gasteiger partial charge is 0.290 e. The Morgan fingerprint density at radius 1 is 0.967 bits per heavy atom. The molecule has 3 aliphatic rings. The van der Waals surface area contributed by atoms with Crippen LogP contribution in [0.4, 0.5) is 5.69 Å². The van der Waals surface area contributed by atoms with Gasteiger partial charge in [-0.3, -0.25) is 19.8 Å². The van der Waals surface area contributed by atoms with E-state index in [0.717, 1.165) is 25.9 Å². The minimum Gasteiger partial charge on any atom is -0.342 e. The first kappa shape index (κ1) is 20.4. The van der Waals surface area contributed by atoms with Crippen molar-refractivity contribution in [3.8, 4) is 0 Å². The fourth-order valence-electron chi connectivity index (χ4n) is 4.35. The number of rotatable bonds is 3. The summed E-state index contributed by atoms with van der Waals surface area (Å²) in [6.45, 7) is 4.46. The van der Waals surface area contributed by atoms with Crippen molar-refractivity contribution >= 4 is 29.2 Å². The highest BCUT2D eigenvalue weighted by Crippen LogP contribution is 2.23. The molecule has 0 radical (unpaired) electrons. The number of hydrogen-bond acceptors (Lipinski definition) is 5. The summed E-state index contributed by atoms with van der Waals surface area (Å²) in [5, 5.41) is 1.39. The summed E-state index contributed by atoms with van der Waals surface area (Å²) in [4.78, 5) is 46.4. The largest absolute Gasteiger partial charge is 0.342 e. The maximum atomic E-state index is 13.1. The fraction of sp³-hybridized carbons (Fsp3) is 0.545. The van der Waals surface area contributed by atoms with Crippen LogP contribution in [0.15, 0.2) is 35.3 Å². The monoisotopic (exact) mass is 411 g/mol. The van der Waals surface area contributed by atoms with Gasteiger partial charge in [-0.15, -0.1) is 0 Å². The Hall–Kier alpha value is -2.90. The van der Waals surface area contributed by atoms with Crippen LogP contribution in [0.5, 0.6) is 0 Å². The van der Waals surface area contributed by atoms with Gasteiger partial charge in [0.15, 0.2) is 0 Å². The van der Waals surface area contributed by atoms with E-state index in [0.29, 0.717) is 31.6 Å². The molecule has 2 fully saturated rings. The molecule has 0 bridgehead atoms. The molecule has 3 aliphatic heterocycles. The zero-order chi connectivity index (χ0) is 21.1. The minimum atomic E-state index is -0.636. The lowest BCUT2D eigenvalue weighted by Gasteiger charge is -2.37. The number of piperidine rings is 2. The SMILES string of the molecule is CC1N=C(C(=O)N2CCC(C(=O)N3CCCCC3)CC2)NN(c2ccccc2)C1=O. The van der Waals surface area contributed by atoms with Crippen molar-refractivity contribution in [2.75, 3.05) is 31.2 Å². The molecule has 1 aromatic rings. The van der Waals surface area contributed by atoms with Crippen LogP contribution in [0.1, 0.15) is 39.0 Å². The summed E-state index contributed by atoms with van der Waals surface area (Å²) < 4.78 is 0. The molecule has 2 saturated heterocycles. The van der Waals surface area contributed by atoms with Gasteiger partial charge in [0.2, 0.25) is 11.7 Å². The van der Waals surface area contributed by atoms with Crippen LogP contribution in [0, 0.1) is 5.92 Å². The number of para-hydroxylation sites is 1. The average molecular weight is 412 g/mol. The molecular weight excluding hydrogens is 382 g/mol. The number of benzene rings is 1. The Labute approximate surface area is 176 Å². The summed E-state index contributed by atoms with van der Waals surface area (Å²) >= 11 is 0. The lowest BCUT2D eigenvalue weighted by Crippen LogP contribution is -2.59. The third-order valence-corrected chi connectivity index (χ3v) is 6.13. The third-order valence-electron chi connectivity index (χ3n) is 6.13. The number of anilines is 1. The molecule has 1 atom stereocenters. The van der Waals surface area contributed by atoms with E-state index in [4.69, 9.17) is 0 Å². The van der Waals surface area contributed by atoms with E-state index < -0.39 is 6.04 Å². The summed E-state index contributed by atoms with van der Waals surface area (Å²) in [5.41, 5.74) is 3.57. The van der Waals surface area contributed by atoms with E-state index in [9.17, 15) is 14.4 Å². The Morgan fingerprint density at radius 3 is 2.30 bits per heavy atom. The summed E-state index contributed by atoms with van der Waals surface area (Å²) in [5.74, 6) is -0.0198. The molecule has 8 nitrogen and oxygen atoms in total. The molecule has 160 valence electrons.